The maximum absolute atomic E-state index is 12.7. The molecule has 4 nitrogen and oxygen atoms in total. The van der Waals surface area contributed by atoms with Gasteiger partial charge in [0.15, 0.2) is 11.5 Å². The van der Waals surface area contributed by atoms with Crippen LogP contribution in [0.3, 0.4) is 0 Å². The van der Waals surface area contributed by atoms with Crippen LogP contribution in [0.5, 0.6) is 11.5 Å². The number of benzene rings is 2. The number of nitrogens with one attached hydrogen (secondary N) is 1. The van der Waals surface area contributed by atoms with Crippen LogP contribution in [0.2, 0.25) is 0 Å². The third-order valence-corrected chi connectivity index (χ3v) is 3.55. The number of methoxy groups -OCH3 is 1. The van der Waals surface area contributed by atoms with E-state index in [1.807, 2.05) is 13.8 Å². The highest BCUT2D eigenvalue weighted by Crippen LogP contribution is 2.30. The first-order valence-corrected chi connectivity index (χ1v) is 8.49. The van der Waals surface area contributed by atoms with Crippen molar-refractivity contribution in [2.75, 3.05) is 13.7 Å². The Labute approximate surface area is 161 Å². The number of hydrogen-bond donors (Lipinski definition) is 1. The van der Waals surface area contributed by atoms with E-state index in [9.17, 15) is 18.0 Å². The molecule has 0 aliphatic heterocycles. The molecular weight excluding hydrogens is 371 g/mol. The monoisotopic (exact) mass is 391 g/mol. The van der Waals surface area contributed by atoms with E-state index < -0.39 is 11.7 Å². The van der Waals surface area contributed by atoms with Crippen molar-refractivity contribution in [1.82, 2.24) is 5.32 Å². The van der Waals surface area contributed by atoms with Crippen LogP contribution in [0.15, 0.2) is 42.5 Å². The molecule has 148 valence electrons. The van der Waals surface area contributed by atoms with Gasteiger partial charge >= 0.3 is 6.18 Å². The zero-order chi connectivity index (χ0) is 20.7. The van der Waals surface area contributed by atoms with Crippen molar-refractivity contribution in [1.29, 1.82) is 0 Å². The SMILES string of the molecule is COc1cc(C(=O)NCC#Cc2cccc(C(F)(F)F)c2)ccc1OC(C)C. The van der Waals surface area contributed by atoms with Gasteiger partial charge in [0.1, 0.15) is 0 Å². The molecule has 1 amide bonds. The fourth-order valence-corrected chi connectivity index (χ4v) is 2.31. The lowest BCUT2D eigenvalue weighted by atomic mass is 10.1. The van der Waals surface area contributed by atoms with Crippen molar-refractivity contribution in [3.05, 3.63) is 59.2 Å². The van der Waals surface area contributed by atoms with Crippen molar-refractivity contribution in [2.24, 2.45) is 0 Å². The molecule has 0 heterocycles. The molecule has 0 aromatic heterocycles. The van der Waals surface area contributed by atoms with E-state index in [1.54, 1.807) is 18.2 Å². The summed E-state index contributed by atoms with van der Waals surface area (Å²) in [5.41, 5.74) is -0.186. The van der Waals surface area contributed by atoms with Crippen LogP contribution in [0.4, 0.5) is 13.2 Å². The van der Waals surface area contributed by atoms with E-state index >= 15 is 0 Å². The summed E-state index contributed by atoms with van der Waals surface area (Å²) in [4.78, 5) is 12.2. The summed E-state index contributed by atoms with van der Waals surface area (Å²) in [6, 6.07) is 9.49. The highest BCUT2D eigenvalue weighted by molar-refractivity contribution is 5.95. The van der Waals surface area contributed by atoms with Crippen LogP contribution in [-0.2, 0) is 6.18 Å². The molecule has 0 bridgehead atoms. The Hall–Kier alpha value is -3.14. The number of alkyl halides is 3. The highest BCUT2D eigenvalue weighted by atomic mass is 19.4. The molecular formula is C21H20F3NO3. The Morgan fingerprint density at radius 2 is 1.89 bits per heavy atom. The Balaban J connectivity index is 2.01. The number of hydrogen-bond acceptors (Lipinski definition) is 3. The van der Waals surface area contributed by atoms with Gasteiger partial charge in [-0.1, -0.05) is 17.9 Å². The molecule has 0 aliphatic carbocycles. The smallest absolute Gasteiger partial charge is 0.416 e. The third-order valence-electron chi connectivity index (χ3n) is 3.55. The third kappa shape index (κ3) is 5.95. The predicted octanol–water partition coefficient (Wildman–Crippen LogP) is 4.28. The molecule has 2 aromatic rings. The molecule has 0 radical (unpaired) electrons. The van der Waals surface area contributed by atoms with Crippen molar-refractivity contribution >= 4 is 5.91 Å². The molecule has 0 aliphatic rings. The second-order valence-corrected chi connectivity index (χ2v) is 6.10. The largest absolute Gasteiger partial charge is 0.493 e. The Bertz CT molecular complexity index is 896. The molecule has 28 heavy (non-hydrogen) atoms. The van der Waals surface area contributed by atoms with Crippen LogP contribution in [0, 0.1) is 11.8 Å². The van der Waals surface area contributed by atoms with Crippen LogP contribution in [0.1, 0.15) is 35.3 Å². The summed E-state index contributed by atoms with van der Waals surface area (Å²) in [6.45, 7) is 3.74. The second-order valence-electron chi connectivity index (χ2n) is 6.10. The lowest BCUT2D eigenvalue weighted by Gasteiger charge is -2.14. The van der Waals surface area contributed by atoms with Crippen LogP contribution < -0.4 is 14.8 Å². The van der Waals surface area contributed by atoms with Gasteiger partial charge in [-0.3, -0.25) is 4.79 Å². The molecule has 0 fully saturated rings. The van der Waals surface area contributed by atoms with Crippen molar-refractivity contribution < 1.29 is 27.4 Å². The molecule has 2 aromatic carbocycles. The first-order valence-electron chi connectivity index (χ1n) is 8.49. The number of halogens is 3. The van der Waals surface area contributed by atoms with E-state index in [4.69, 9.17) is 9.47 Å². The van der Waals surface area contributed by atoms with E-state index in [0.29, 0.717) is 17.1 Å². The van der Waals surface area contributed by atoms with Crippen LogP contribution >= 0.6 is 0 Å². The zero-order valence-corrected chi connectivity index (χ0v) is 15.7. The minimum atomic E-state index is -4.42. The van der Waals surface area contributed by atoms with Gasteiger partial charge in [-0.2, -0.15) is 13.2 Å². The molecule has 0 saturated heterocycles. The number of carbonyl (C=O) groups is 1. The minimum absolute atomic E-state index is 0.0123. The Morgan fingerprint density at radius 3 is 2.54 bits per heavy atom. The van der Waals surface area contributed by atoms with Gasteiger partial charge in [0, 0.05) is 11.1 Å². The maximum Gasteiger partial charge on any atom is 0.416 e. The normalized spacial score (nSPS) is 10.8. The van der Waals surface area contributed by atoms with Crippen LogP contribution in [0.25, 0.3) is 0 Å². The van der Waals surface area contributed by atoms with Gasteiger partial charge in [0.25, 0.3) is 5.91 Å². The number of rotatable bonds is 5. The van der Waals surface area contributed by atoms with Crippen LogP contribution in [-0.4, -0.2) is 25.7 Å². The van der Waals surface area contributed by atoms with Gasteiger partial charge in [-0.05, 0) is 50.2 Å². The summed E-state index contributed by atoms with van der Waals surface area (Å²) in [5, 5.41) is 2.59. The lowest BCUT2D eigenvalue weighted by molar-refractivity contribution is -0.137. The Kier molecular flexibility index (Phi) is 6.94. The predicted molar refractivity (Wildman–Crippen MR) is 99.4 cm³/mol. The summed E-state index contributed by atoms with van der Waals surface area (Å²) in [6.07, 6.45) is -4.46. The van der Waals surface area contributed by atoms with Gasteiger partial charge in [0.2, 0.25) is 0 Å². The topological polar surface area (TPSA) is 47.6 Å². The van der Waals surface area contributed by atoms with Crippen molar-refractivity contribution in [2.45, 2.75) is 26.1 Å². The van der Waals surface area contributed by atoms with E-state index in [2.05, 4.69) is 17.2 Å². The summed E-state index contributed by atoms with van der Waals surface area (Å²) < 4.78 is 48.9. The van der Waals surface area contributed by atoms with Gasteiger partial charge in [-0.15, -0.1) is 0 Å². The molecule has 7 heteroatoms. The average Bonchev–Trinajstić information content (AvgIpc) is 2.64. The zero-order valence-electron chi connectivity index (χ0n) is 15.7. The molecule has 0 atom stereocenters. The first kappa shape index (κ1) is 21.2. The average molecular weight is 391 g/mol. The Morgan fingerprint density at radius 1 is 1.14 bits per heavy atom. The summed E-state index contributed by atoms with van der Waals surface area (Å²) in [5.74, 6) is 5.82. The van der Waals surface area contributed by atoms with Gasteiger partial charge in [-0.25, -0.2) is 0 Å². The highest BCUT2D eigenvalue weighted by Gasteiger charge is 2.30. The fourth-order valence-electron chi connectivity index (χ4n) is 2.31. The lowest BCUT2D eigenvalue weighted by Crippen LogP contribution is -2.23. The number of ether oxygens (including phenoxy) is 2. The van der Waals surface area contributed by atoms with Crippen molar-refractivity contribution in [3.8, 4) is 23.3 Å². The van der Waals surface area contributed by atoms with E-state index in [1.165, 1.54) is 19.2 Å². The molecule has 1 N–H and O–H groups in total. The number of carbonyl (C=O) groups excluding carboxylic acids is 1. The van der Waals surface area contributed by atoms with Gasteiger partial charge < -0.3 is 14.8 Å². The van der Waals surface area contributed by atoms with E-state index in [-0.39, 0.29) is 24.1 Å². The molecule has 0 unspecified atom stereocenters. The standard InChI is InChI=1S/C21H20F3NO3/c1-14(2)28-18-10-9-16(13-19(18)27-3)20(26)25-11-5-7-15-6-4-8-17(12-15)21(22,23)24/h4,6,8-10,12-14H,11H2,1-3H3,(H,25,26). The fraction of sp³-hybridized carbons (Fsp3) is 0.286. The van der Waals surface area contributed by atoms with Crippen molar-refractivity contribution in [3.63, 3.8) is 0 Å². The van der Waals surface area contributed by atoms with E-state index in [0.717, 1.165) is 12.1 Å². The molecule has 0 saturated carbocycles. The maximum atomic E-state index is 12.7. The molecule has 2 rings (SSSR count). The summed E-state index contributed by atoms with van der Waals surface area (Å²) in [7, 11) is 1.48. The number of amides is 1. The minimum Gasteiger partial charge on any atom is -0.493 e. The van der Waals surface area contributed by atoms with Gasteiger partial charge in [0.05, 0.1) is 25.3 Å². The second kappa shape index (κ2) is 9.18. The quantitative estimate of drug-likeness (QED) is 0.774. The summed E-state index contributed by atoms with van der Waals surface area (Å²) >= 11 is 0. The molecule has 0 spiro atoms. The first-order chi connectivity index (χ1) is 13.2.